The van der Waals surface area contributed by atoms with Crippen LogP contribution in [0.1, 0.15) is 26.2 Å². The molecule has 0 aromatic carbocycles. The summed E-state index contributed by atoms with van der Waals surface area (Å²) in [5, 5.41) is 9.04. The van der Waals surface area contributed by atoms with E-state index in [1.54, 1.807) is 0 Å². The van der Waals surface area contributed by atoms with Crippen molar-refractivity contribution >= 4 is 0 Å². The van der Waals surface area contributed by atoms with Crippen LogP contribution in [-0.4, -0.2) is 5.11 Å². The van der Waals surface area contributed by atoms with Gasteiger partial charge in [-0.05, 0) is 25.3 Å². The van der Waals surface area contributed by atoms with Gasteiger partial charge in [-0.3, -0.25) is 0 Å². The highest BCUT2D eigenvalue weighted by molar-refractivity contribution is 4.98. The van der Waals surface area contributed by atoms with Crippen LogP contribution in [-0.2, 0) is 0 Å². The normalized spacial score (nSPS) is 29.6. The molecule has 1 atom stereocenters. The molecule has 0 fully saturated rings. The highest BCUT2D eigenvalue weighted by atomic mass is 16.3. The smallest absolute Gasteiger partial charge is 0.0910 e. The molecular weight excluding hydrogens is 100 g/mol. The predicted molar refractivity (Wildman–Crippen MR) is 33.7 cm³/mol. The first-order valence-corrected chi connectivity index (χ1v) is 3.19. The standard InChI is InChI=1S/C7H12O/c1-6-4-2-3-5-7(6)8/h5-6,8H,2-4H2,1H3/t6-/m0/s1. The topological polar surface area (TPSA) is 20.2 Å². The molecule has 1 aliphatic carbocycles. The third-order valence-electron chi connectivity index (χ3n) is 1.70. The Hall–Kier alpha value is -0.460. The minimum atomic E-state index is 0.420. The number of hydrogen-bond donors (Lipinski definition) is 1. The fraction of sp³-hybridized carbons (Fsp3) is 0.714. The average molecular weight is 112 g/mol. The van der Waals surface area contributed by atoms with Crippen molar-refractivity contribution in [3.63, 3.8) is 0 Å². The molecule has 0 radical (unpaired) electrons. The van der Waals surface area contributed by atoms with Crippen LogP contribution in [0.3, 0.4) is 0 Å². The van der Waals surface area contributed by atoms with E-state index in [4.69, 9.17) is 5.11 Å². The quantitative estimate of drug-likeness (QED) is 0.509. The summed E-state index contributed by atoms with van der Waals surface area (Å²) in [6, 6.07) is 0. The van der Waals surface area contributed by atoms with Crippen molar-refractivity contribution in [3.8, 4) is 0 Å². The minimum absolute atomic E-state index is 0.420. The molecule has 0 bridgehead atoms. The molecule has 46 valence electrons. The minimum Gasteiger partial charge on any atom is -0.512 e. The lowest BCUT2D eigenvalue weighted by Crippen LogP contribution is -2.02. The SMILES string of the molecule is C[C@H]1CCCC=C1O. The molecule has 0 heterocycles. The van der Waals surface area contributed by atoms with Gasteiger partial charge in [0.05, 0.1) is 5.76 Å². The summed E-state index contributed by atoms with van der Waals surface area (Å²) in [4.78, 5) is 0. The highest BCUT2D eigenvalue weighted by Crippen LogP contribution is 2.21. The second kappa shape index (κ2) is 2.21. The van der Waals surface area contributed by atoms with Crippen molar-refractivity contribution in [3.05, 3.63) is 11.8 Å². The van der Waals surface area contributed by atoms with Gasteiger partial charge in [0.25, 0.3) is 0 Å². The number of hydrogen-bond acceptors (Lipinski definition) is 1. The zero-order valence-electron chi connectivity index (χ0n) is 5.22. The van der Waals surface area contributed by atoms with Gasteiger partial charge in [-0.25, -0.2) is 0 Å². The van der Waals surface area contributed by atoms with E-state index in [2.05, 4.69) is 6.92 Å². The van der Waals surface area contributed by atoms with E-state index in [0.717, 1.165) is 12.8 Å². The van der Waals surface area contributed by atoms with Crippen molar-refractivity contribution in [1.29, 1.82) is 0 Å². The summed E-state index contributed by atoms with van der Waals surface area (Å²) >= 11 is 0. The first kappa shape index (κ1) is 5.67. The zero-order chi connectivity index (χ0) is 5.98. The third kappa shape index (κ3) is 1.03. The van der Waals surface area contributed by atoms with Gasteiger partial charge in [0.15, 0.2) is 0 Å². The lowest BCUT2D eigenvalue weighted by Gasteiger charge is -2.14. The van der Waals surface area contributed by atoms with E-state index < -0.39 is 0 Å². The molecule has 1 N–H and O–H groups in total. The number of allylic oxidation sites excluding steroid dienone is 2. The Morgan fingerprint density at radius 3 is 2.88 bits per heavy atom. The van der Waals surface area contributed by atoms with Crippen molar-refractivity contribution in [2.75, 3.05) is 0 Å². The molecule has 1 aliphatic rings. The maximum absolute atomic E-state index is 9.04. The Morgan fingerprint density at radius 2 is 2.50 bits per heavy atom. The molecular formula is C7H12O. The van der Waals surface area contributed by atoms with Crippen molar-refractivity contribution in [1.82, 2.24) is 0 Å². The van der Waals surface area contributed by atoms with Crippen LogP contribution in [0.25, 0.3) is 0 Å². The summed E-state index contributed by atoms with van der Waals surface area (Å²) in [5.74, 6) is 1.01. The van der Waals surface area contributed by atoms with E-state index in [-0.39, 0.29) is 0 Å². The highest BCUT2D eigenvalue weighted by Gasteiger charge is 2.09. The number of rotatable bonds is 0. The van der Waals surface area contributed by atoms with Crippen LogP contribution < -0.4 is 0 Å². The summed E-state index contributed by atoms with van der Waals surface area (Å²) in [5.41, 5.74) is 0. The summed E-state index contributed by atoms with van der Waals surface area (Å²) < 4.78 is 0. The van der Waals surface area contributed by atoms with E-state index in [1.807, 2.05) is 6.08 Å². The molecule has 1 rings (SSSR count). The molecule has 1 heteroatoms. The molecule has 0 spiro atoms. The molecule has 0 aromatic rings. The Balaban J connectivity index is 2.53. The maximum Gasteiger partial charge on any atom is 0.0910 e. The molecule has 1 nitrogen and oxygen atoms in total. The first-order valence-electron chi connectivity index (χ1n) is 3.19. The number of aliphatic hydroxyl groups excluding tert-OH is 1. The molecule has 0 unspecified atom stereocenters. The molecule has 8 heavy (non-hydrogen) atoms. The fourth-order valence-corrected chi connectivity index (χ4v) is 1.02. The zero-order valence-corrected chi connectivity index (χ0v) is 5.22. The Kier molecular flexibility index (Phi) is 1.56. The van der Waals surface area contributed by atoms with E-state index in [0.29, 0.717) is 11.7 Å². The Morgan fingerprint density at radius 1 is 1.75 bits per heavy atom. The van der Waals surface area contributed by atoms with Gasteiger partial charge in [0.1, 0.15) is 0 Å². The van der Waals surface area contributed by atoms with Crippen molar-refractivity contribution in [2.24, 2.45) is 5.92 Å². The second-order valence-corrected chi connectivity index (χ2v) is 2.46. The van der Waals surface area contributed by atoms with Crippen LogP contribution in [0.4, 0.5) is 0 Å². The average Bonchev–Trinajstić information content (AvgIpc) is 1.77. The van der Waals surface area contributed by atoms with Crippen LogP contribution in [0.2, 0.25) is 0 Å². The second-order valence-electron chi connectivity index (χ2n) is 2.46. The van der Waals surface area contributed by atoms with Gasteiger partial charge >= 0.3 is 0 Å². The molecule has 0 amide bonds. The van der Waals surface area contributed by atoms with E-state index >= 15 is 0 Å². The van der Waals surface area contributed by atoms with Crippen molar-refractivity contribution in [2.45, 2.75) is 26.2 Å². The van der Waals surface area contributed by atoms with Crippen LogP contribution >= 0.6 is 0 Å². The van der Waals surface area contributed by atoms with Gasteiger partial charge in [-0.1, -0.05) is 6.92 Å². The largest absolute Gasteiger partial charge is 0.512 e. The lowest BCUT2D eigenvalue weighted by molar-refractivity contribution is 0.313. The number of aliphatic hydroxyl groups is 1. The van der Waals surface area contributed by atoms with Crippen LogP contribution in [0.15, 0.2) is 11.8 Å². The molecule has 0 saturated heterocycles. The fourth-order valence-electron chi connectivity index (χ4n) is 1.02. The Bertz CT molecular complexity index is 105. The van der Waals surface area contributed by atoms with E-state index in [1.165, 1.54) is 6.42 Å². The molecule has 0 aliphatic heterocycles. The summed E-state index contributed by atoms with van der Waals surface area (Å²) in [6.45, 7) is 2.06. The monoisotopic (exact) mass is 112 g/mol. The van der Waals surface area contributed by atoms with Gasteiger partial charge in [0, 0.05) is 5.92 Å². The van der Waals surface area contributed by atoms with Crippen LogP contribution in [0.5, 0.6) is 0 Å². The van der Waals surface area contributed by atoms with Crippen molar-refractivity contribution < 1.29 is 5.11 Å². The Labute approximate surface area is 50.0 Å². The van der Waals surface area contributed by atoms with Gasteiger partial charge in [-0.15, -0.1) is 0 Å². The third-order valence-corrected chi connectivity index (χ3v) is 1.70. The van der Waals surface area contributed by atoms with Gasteiger partial charge in [0.2, 0.25) is 0 Å². The maximum atomic E-state index is 9.04. The molecule has 0 saturated carbocycles. The first-order chi connectivity index (χ1) is 3.80. The summed E-state index contributed by atoms with van der Waals surface area (Å²) in [6.07, 6.45) is 5.39. The van der Waals surface area contributed by atoms with Gasteiger partial charge < -0.3 is 5.11 Å². The predicted octanol–water partition coefficient (Wildman–Crippen LogP) is 2.25. The molecule has 0 aromatic heterocycles. The van der Waals surface area contributed by atoms with Crippen LogP contribution in [0, 0.1) is 5.92 Å². The van der Waals surface area contributed by atoms with Gasteiger partial charge in [-0.2, -0.15) is 0 Å². The summed E-state index contributed by atoms with van der Waals surface area (Å²) in [7, 11) is 0. The van der Waals surface area contributed by atoms with E-state index in [9.17, 15) is 0 Å². The lowest BCUT2D eigenvalue weighted by atomic mass is 9.96.